The van der Waals surface area contributed by atoms with E-state index in [4.69, 9.17) is 15.2 Å². The first kappa shape index (κ1) is 15.1. The minimum absolute atomic E-state index is 0.0184. The summed E-state index contributed by atoms with van der Waals surface area (Å²) in [4.78, 5) is 22.5. The van der Waals surface area contributed by atoms with Crippen LogP contribution in [-0.4, -0.2) is 70.5 Å². The van der Waals surface area contributed by atoms with E-state index in [-0.39, 0.29) is 26.0 Å². The van der Waals surface area contributed by atoms with Gasteiger partial charge in [-0.3, -0.25) is 14.9 Å². The minimum atomic E-state index is -1.72. The van der Waals surface area contributed by atoms with Gasteiger partial charge >= 0.3 is 5.97 Å². The Morgan fingerprint density at radius 3 is 2.75 bits per heavy atom. The average molecular weight is 290 g/mol. The molecule has 114 valence electrons. The predicted molar refractivity (Wildman–Crippen MR) is 63.0 cm³/mol. The molecule has 2 saturated heterocycles. The number of hydrogen-bond donors (Lipinski definition) is 5. The highest BCUT2D eigenvalue weighted by atomic mass is 16.7. The van der Waals surface area contributed by atoms with Crippen molar-refractivity contribution in [2.24, 2.45) is 5.73 Å². The first-order chi connectivity index (χ1) is 9.35. The monoisotopic (exact) mass is 290 g/mol. The van der Waals surface area contributed by atoms with Crippen molar-refractivity contribution in [3.8, 4) is 0 Å². The maximum absolute atomic E-state index is 11.8. The number of carbonyl (C=O) groups is 2. The summed E-state index contributed by atoms with van der Waals surface area (Å²) in [5, 5.41) is 31.7. The van der Waals surface area contributed by atoms with E-state index in [0.717, 1.165) is 0 Å². The Morgan fingerprint density at radius 2 is 2.15 bits per heavy atom. The Morgan fingerprint density at radius 1 is 1.45 bits per heavy atom. The van der Waals surface area contributed by atoms with Crippen LogP contribution in [0.2, 0.25) is 0 Å². The maximum Gasteiger partial charge on any atom is 0.325 e. The van der Waals surface area contributed by atoms with Crippen molar-refractivity contribution in [2.45, 2.75) is 43.0 Å². The molecule has 2 heterocycles. The highest BCUT2D eigenvalue weighted by Crippen LogP contribution is 2.30. The number of rotatable bonds is 3. The maximum atomic E-state index is 11.8. The van der Waals surface area contributed by atoms with E-state index in [1.807, 2.05) is 0 Å². The second kappa shape index (κ2) is 5.62. The van der Waals surface area contributed by atoms with Gasteiger partial charge in [-0.05, 0) is 6.42 Å². The lowest BCUT2D eigenvalue weighted by Gasteiger charge is -2.47. The molecule has 2 rings (SSSR count). The number of esters is 1. The summed E-state index contributed by atoms with van der Waals surface area (Å²) in [5.41, 5.74) is 5.00. The highest BCUT2D eigenvalue weighted by Gasteiger charge is 2.55. The van der Waals surface area contributed by atoms with E-state index in [1.54, 1.807) is 0 Å². The predicted octanol–water partition coefficient (Wildman–Crippen LogP) is -3.42. The van der Waals surface area contributed by atoms with Crippen LogP contribution in [0.15, 0.2) is 0 Å². The summed E-state index contributed by atoms with van der Waals surface area (Å²) < 4.78 is 10.3. The Hall–Kier alpha value is -1.26. The van der Waals surface area contributed by atoms with Crippen molar-refractivity contribution in [3.63, 3.8) is 0 Å². The fourth-order valence-corrected chi connectivity index (χ4v) is 2.26. The van der Waals surface area contributed by atoms with Crippen LogP contribution in [0.25, 0.3) is 0 Å². The Balaban J connectivity index is 2.01. The number of primary amides is 1. The fraction of sp³-hybridized carbons (Fsp3) is 0.818. The zero-order chi connectivity index (χ0) is 14.9. The molecule has 0 saturated carbocycles. The number of hydrogen-bond acceptors (Lipinski definition) is 8. The summed E-state index contributed by atoms with van der Waals surface area (Å²) in [6.45, 7) is -0.327. The fourth-order valence-electron chi connectivity index (χ4n) is 2.26. The number of morpholine rings is 1. The summed E-state index contributed by atoms with van der Waals surface area (Å²) >= 11 is 0. The van der Waals surface area contributed by atoms with Crippen LogP contribution in [0, 0.1) is 0 Å². The molecule has 6 N–H and O–H groups in total. The molecule has 5 atom stereocenters. The molecule has 0 aliphatic carbocycles. The number of ether oxygens (including phenoxy) is 2. The topological polar surface area (TPSA) is 151 Å². The van der Waals surface area contributed by atoms with Crippen LogP contribution in [0.1, 0.15) is 12.8 Å². The third-order valence-electron chi connectivity index (χ3n) is 3.50. The van der Waals surface area contributed by atoms with E-state index in [1.165, 1.54) is 0 Å². The number of aliphatic hydroxyl groups is 3. The van der Waals surface area contributed by atoms with Crippen molar-refractivity contribution in [1.82, 2.24) is 5.32 Å². The number of nitrogens with one attached hydrogen (secondary N) is 1. The largest absolute Gasteiger partial charge is 0.427 e. The third kappa shape index (κ3) is 2.76. The summed E-state index contributed by atoms with van der Waals surface area (Å²) in [6, 6.07) is -0.729. The Kier molecular flexibility index (Phi) is 4.25. The summed E-state index contributed by atoms with van der Waals surface area (Å²) in [7, 11) is 0. The van der Waals surface area contributed by atoms with Crippen molar-refractivity contribution in [3.05, 3.63) is 0 Å². The van der Waals surface area contributed by atoms with E-state index < -0.39 is 42.0 Å². The van der Waals surface area contributed by atoms with Crippen molar-refractivity contribution in [1.29, 1.82) is 0 Å². The molecule has 2 aliphatic rings. The molecule has 0 aromatic carbocycles. The van der Waals surface area contributed by atoms with Crippen LogP contribution in [0.4, 0.5) is 0 Å². The van der Waals surface area contributed by atoms with Gasteiger partial charge in [0.1, 0.15) is 24.4 Å². The lowest BCUT2D eigenvalue weighted by atomic mass is 9.94. The average Bonchev–Trinajstić information content (AvgIpc) is 2.40. The molecule has 0 aromatic rings. The molecule has 1 unspecified atom stereocenters. The molecule has 1 spiro atoms. The normalized spacial score (nSPS) is 41.5. The van der Waals surface area contributed by atoms with Gasteiger partial charge in [0.25, 0.3) is 5.79 Å². The molecule has 9 nitrogen and oxygen atoms in total. The highest BCUT2D eigenvalue weighted by molar-refractivity contribution is 5.79. The first-order valence-electron chi connectivity index (χ1n) is 6.28. The molecule has 0 aromatic heterocycles. The van der Waals surface area contributed by atoms with Gasteiger partial charge < -0.3 is 30.5 Å². The number of aliphatic hydroxyl groups excluding tert-OH is 3. The van der Waals surface area contributed by atoms with Gasteiger partial charge in [0, 0.05) is 6.42 Å². The van der Waals surface area contributed by atoms with Crippen LogP contribution in [0.3, 0.4) is 0 Å². The number of nitrogens with two attached hydrogens (primary N) is 1. The first-order valence-corrected chi connectivity index (χ1v) is 6.28. The quantitative estimate of drug-likeness (QED) is 0.337. The lowest BCUT2D eigenvalue weighted by Crippen LogP contribution is -2.70. The van der Waals surface area contributed by atoms with Crippen LogP contribution >= 0.6 is 0 Å². The zero-order valence-electron chi connectivity index (χ0n) is 10.7. The van der Waals surface area contributed by atoms with E-state index in [0.29, 0.717) is 0 Å². The second-order valence-corrected chi connectivity index (χ2v) is 4.99. The van der Waals surface area contributed by atoms with Gasteiger partial charge in [-0.2, -0.15) is 0 Å². The SMILES string of the molecule is NC(=O)CC[C@@H]1NCC2(OC[C@H](O)[C@@H](O)[C@@H]2O)OC1=O. The summed E-state index contributed by atoms with van der Waals surface area (Å²) in [5.74, 6) is -2.97. The second-order valence-electron chi connectivity index (χ2n) is 4.99. The number of carbonyl (C=O) groups excluding carboxylic acids is 2. The molecule has 2 aliphatic heterocycles. The van der Waals surface area contributed by atoms with Gasteiger partial charge in [-0.15, -0.1) is 0 Å². The van der Waals surface area contributed by atoms with Gasteiger partial charge in [-0.25, -0.2) is 0 Å². The number of amides is 1. The summed E-state index contributed by atoms with van der Waals surface area (Å²) in [6.07, 6.45) is -4.10. The van der Waals surface area contributed by atoms with E-state index in [2.05, 4.69) is 5.32 Å². The third-order valence-corrected chi connectivity index (χ3v) is 3.50. The van der Waals surface area contributed by atoms with Gasteiger partial charge in [0.05, 0.1) is 13.2 Å². The van der Waals surface area contributed by atoms with Gasteiger partial charge in [0.15, 0.2) is 0 Å². The molecule has 0 radical (unpaired) electrons. The Labute approximate surface area is 114 Å². The van der Waals surface area contributed by atoms with Crippen LogP contribution in [0.5, 0.6) is 0 Å². The standard InChI is InChI=1S/C11H18N2O7/c12-7(15)2-1-5-10(18)20-11(4-13-5)9(17)8(16)6(14)3-19-11/h5-6,8-9,13-14,16-17H,1-4H2,(H2,12,15)/t5-,6-,8+,9-,11?/m0/s1. The molecular formula is C11H18N2O7. The van der Waals surface area contributed by atoms with E-state index in [9.17, 15) is 24.9 Å². The van der Waals surface area contributed by atoms with Crippen molar-refractivity contribution < 1.29 is 34.4 Å². The molecule has 0 bridgehead atoms. The van der Waals surface area contributed by atoms with Crippen molar-refractivity contribution in [2.75, 3.05) is 13.2 Å². The van der Waals surface area contributed by atoms with Crippen LogP contribution in [-0.2, 0) is 19.1 Å². The lowest BCUT2D eigenvalue weighted by molar-refractivity contribution is -0.330. The molecule has 2 fully saturated rings. The minimum Gasteiger partial charge on any atom is -0.427 e. The van der Waals surface area contributed by atoms with Gasteiger partial charge in [0.2, 0.25) is 5.91 Å². The molecule has 1 amide bonds. The smallest absolute Gasteiger partial charge is 0.325 e. The Bertz CT molecular complexity index is 404. The molecular weight excluding hydrogens is 272 g/mol. The van der Waals surface area contributed by atoms with Crippen LogP contribution < -0.4 is 11.1 Å². The van der Waals surface area contributed by atoms with Gasteiger partial charge in [-0.1, -0.05) is 0 Å². The zero-order valence-corrected chi connectivity index (χ0v) is 10.7. The van der Waals surface area contributed by atoms with Crippen molar-refractivity contribution >= 4 is 11.9 Å². The molecule has 20 heavy (non-hydrogen) atoms. The molecule has 9 heteroatoms. The van der Waals surface area contributed by atoms with E-state index >= 15 is 0 Å².